The van der Waals surface area contributed by atoms with Crippen LogP contribution in [-0.4, -0.2) is 13.2 Å². The molecule has 1 rings (SSSR count). The monoisotopic (exact) mass is 277 g/mol. The zero-order valence-electron chi connectivity index (χ0n) is 13.1. The molecule has 0 N–H and O–H groups in total. The van der Waals surface area contributed by atoms with E-state index in [9.17, 15) is 0 Å². The number of hydrogen-bond donors (Lipinski definition) is 0. The van der Waals surface area contributed by atoms with Crippen molar-refractivity contribution in [3.8, 4) is 11.5 Å². The van der Waals surface area contributed by atoms with Crippen LogP contribution >= 0.6 is 0 Å². The second kappa shape index (κ2) is 10.6. The molecule has 0 bridgehead atoms. The molecule has 1 aromatic rings. The Morgan fingerprint density at radius 1 is 0.850 bits per heavy atom. The third-order valence-electron chi connectivity index (χ3n) is 3.31. The first-order chi connectivity index (χ1) is 9.81. The molecule has 0 fully saturated rings. The number of hydrogen-bond acceptors (Lipinski definition) is 2. The molecule has 0 aliphatic carbocycles. The van der Waals surface area contributed by atoms with Gasteiger partial charge < -0.3 is 9.47 Å². The lowest BCUT2D eigenvalue weighted by molar-refractivity contribution is 0.259. The van der Waals surface area contributed by atoms with Crippen molar-refractivity contribution in [2.45, 2.75) is 58.8 Å². The SMILES string of the molecule is [CH2]Cc1ccc(OCCCCC)c(OCCCCC)c1. The van der Waals surface area contributed by atoms with E-state index in [1.165, 1.54) is 31.2 Å². The molecule has 0 aliphatic heterocycles. The molecule has 0 amide bonds. The molecule has 0 saturated carbocycles. The molecule has 0 aromatic heterocycles. The highest BCUT2D eigenvalue weighted by molar-refractivity contribution is 5.43. The van der Waals surface area contributed by atoms with E-state index in [2.05, 4.69) is 32.9 Å². The van der Waals surface area contributed by atoms with E-state index < -0.39 is 0 Å². The van der Waals surface area contributed by atoms with Gasteiger partial charge in [-0.2, -0.15) is 0 Å². The number of ether oxygens (including phenoxy) is 2. The van der Waals surface area contributed by atoms with Gasteiger partial charge in [0.15, 0.2) is 11.5 Å². The maximum atomic E-state index is 5.89. The predicted molar refractivity (Wildman–Crippen MR) is 85.5 cm³/mol. The van der Waals surface area contributed by atoms with E-state index in [-0.39, 0.29) is 0 Å². The van der Waals surface area contributed by atoms with E-state index in [1.54, 1.807) is 0 Å². The Bertz CT molecular complexity index is 360. The summed E-state index contributed by atoms with van der Waals surface area (Å²) in [6, 6.07) is 6.15. The zero-order valence-corrected chi connectivity index (χ0v) is 13.1. The molecule has 0 heterocycles. The largest absolute Gasteiger partial charge is 0.490 e. The Morgan fingerprint density at radius 2 is 1.45 bits per heavy atom. The summed E-state index contributed by atoms with van der Waals surface area (Å²) < 4.78 is 11.7. The van der Waals surface area contributed by atoms with Crippen LogP contribution in [0.4, 0.5) is 0 Å². The molecule has 0 atom stereocenters. The summed E-state index contributed by atoms with van der Waals surface area (Å²) in [5, 5.41) is 0. The third-order valence-corrected chi connectivity index (χ3v) is 3.31. The minimum absolute atomic E-state index is 0.764. The molecular weight excluding hydrogens is 248 g/mol. The van der Waals surface area contributed by atoms with Gasteiger partial charge in [-0.1, -0.05) is 45.6 Å². The van der Waals surface area contributed by atoms with E-state index in [0.29, 0.717) is 0 Å². The van der Waals surface area contributed by atoms with Gasteiger partial charge in [0.2, 0.25) is 0 Å². The van der Waals surface area contributed by atoms with Gasteiger partial charge in [-0.3, -0.25) is 0 Å². The van der Waals surface area contributed by atoms with Gasteiger partial charge in [0.25, 0.3) is 0 Å². The molecule has 2 nitrogen and oxygen atoms in total. The Labute approximate surface area is 124 Å². The van der Waals surface area contributed by atoms with Crippen LogP contribution < -0.4 is 9.47 Å². The van der Waals surface area contributed by atoms with Crippen LogP contribution in [0, 0.1) is 6.92 Å². The second-order valence-corrected chi connectivity index (χ2v) is 5.14. The quantitative estimate of drug-likeness (QED) is 0.517. The first-order valence-electron chi connectivity index (χ1n) is 7.99. The molecule has 1 aromatic carbocycles. The molecule has 20 heavy (non-hydrogen) atoms. The van der Waals surface area contributed by atoms with Crippen LogP contribution in [0.15, 0.2) is 18.2 Å². The Balaban J connectivity index is 2.56. The van der Waals surface area contributed by atoms with Gasteiger partial charge in [-0.25, -0.2) is 0 Å². The molecule has 0 spiro atoms. The summed E-state index contributed by atoms with van der Waals surface area (Å²) in [5.74, 6) is 1.74. The van der Waals surface area contributed by atoms with Crippen molar-refractivity contribution >= 4 is 0 Å². The summed E-state index contributed by atoms with van der Waals surface area (Å²) in [5.41, 5.74) is 1.19. The highest BCUT2D eigenvalue weighted by Gasteiger charge is 2.06. The van der Waals surface area contributed by atoms with Gasteiger partial charge in [0.1, 0.15) is 0 Å². The van der Waals surface area contributed by atoms with Crippen LogP contribution in [0.3, 0.4) is 0 Å². The summed E-state index contributed by atoms with van der Waals surface area (Å²) in [6.07, 6.45) is 7.82. The maximum Gasteiger partial charge on any atom is 0.161 e. The molecular formula is C18H29O2. The Morgan fingerprint density at radius 3 is 2.00 bits per heavy atom. The lowest BCUT2D eigenvalue weighted by atomic mass is 10.1. The average molecular weight is 277 g/mol. The Hall–Kier alpha value is -1.18. The van der Waals surface area contributed by atoms with Crippen LogP contribution in [0.5, 0.6) is 11.5 Å². The fourth-order valence-corrected chi connectivity index (χ4v) is 2.01. The lowest BCUT2D eigenvalue weighted by Crippen LogP contribution is -2.03. The molecule has 0 aliphatic rings. The van der Waals surface area contributed by atoms with Crippen LogP contribution in [-0.2, 0) is 6.42 Å². The van der Waals surface area contributed by atoms with E-state index in [4.69, 9.17) is 9.47 Å². The van der Waals surface area contributed by atoms with Gasteiger partial charge in [0, 0.05) is 0 Å². The Kier molecular flexibility index (Phi) is 8.93. The van der Waals surface area contributed by atoms with Crippen LogP contribution in [0.25, 0.3) is 0 Å². The molecule has 2 heteroatoms. The first kappa shape index (κ1) is 16.9. The molecule has 0 unspecified atom stereocenters. The zero-order chi connectivity index (χ0) is 14.6. The first-order valence-corrected chi connectivity index (χ1v) is 7.99. The van der Waals surface area contributed by atoms with Crippen molar-refractivity contribution in [3.63, 3.8) is 0 Å². The van der Waals surface area contributed by atoms with Crippen molar-refractivity contribution < 1.29 is 9.47 Å². The van der Waals surface area contributed by atoms with Gasteiger partial charge in [-0.15, -0.1) is 0 Å². The van der Waals surface area contributed by atoms with Gasteiger partial charge >= 0.3 is 0 Å². The summed E-state index contributed by atoms with van der Waals surface area (Å²) in [7, 11) is 0. The van der Waals surface area contributed by atoms with Gasteiger partial charge in [-0.05, 0) is 43.9 Å². The highest BCUT2D eigenvalue weighted by Crippen LogP contribution is 2.29. The summed E-state index contributed by atoms with van der Waals surface area (Å²) in [6.45, 7) is 9.86. The fourth-order valence-electron chi connectivity index (χ4n) is 2.01. The average Bonchev–Trinajstić information content (AvgIpc) is 2.49. The van der Waals surface area contributed by atoms with E-state index in [1.807, 2.05) is 6.07 Å². The number of rotatable bonds is 11. The van der Waals surface area contributed by atoms with Crippen molar-refractivity contribution in [2.24, 2.45) is 0 Å². The van der Waals surface area contributed by atoms with E-state index >= 15 is 0 Å². The van der Waals surface area contributed by atoms with Crippen LogP contribution in [0.2, 0.25) is 0 Å². The maximum absolute atomic E-state index is 5.89. The smallest absolute Gasteiger partial charge is 0.161 e. The standard InChI is InChI=1S/C18H29O2/c1-4-7-9-13-19-17-12-11-16(6-3)15-18(17)20-14-10-8-5-2/h11-12,15H,3-10,13-14H2,1-2H3. The fraction of sp³-hybridized carbons (Fsp3) is 0.611. The van der Waals surface area contributed by atoms with Crippen molar-refractivity contribution in [1.82, 2.24) is 0 Å². The molecule has 0 saturated heterocycles. The van der Waals surface area contributed by atoms with Crippen LogP contribution in [0.1, 0.15) is 57.9 Å². The normalized spacial score (nSPS) is 10.6. The highest BCUT2D eigenvalue weighted by atomic mass is 16.5. The molecule has 1 radical (unpaired) electrons. The predicted octanol–water partition coefficient (Wildman–Crippen LogP) is 5.20. The van der Waals surface area contributed by atoms with E-state index in [0.717, 1.165) is 44.0 Å². The number of unbranched alkanes of at least 4 members (excludes halogenated alkanes) is 4. The lowest BCUT2D eigenvalue weighted by Gasteiger charge is -2.14. The van der Waals surface area contributed by atoms with Crippen molar-refractivity contribution in [3.05, 3.63) is 30.7 Å². The minimum Gasteiger partial charge on any atom is -0.490 e. The summed E-state index contributed by atoms with van der Waals surface area (Å²) >= 11 is 0. The van der Waals surface area contributed by atoms with Crippen molar-refractivity contribution in [2.75, 3.05) is 13.2 Å². The third kappa shape index (κ3) is 6.31. The second-order valence-electron chi connectivity index (χ2n) is 5.14. The van der Waals surface area contributed by atoms with Crippen molar-refractivity contribution in [1.29, 1.82) is 0 Å². The minimum atomic E-state index is 0.764. The number of benzene rings is 1. The topological polar surface area (TPSA) is 18.5 Å². The van der Waals surface area contributed by atoms with Gasteiger partial charge in [0.05, 0.1) is 13.2 Å². The summed E-state index contributed by atoms with van der Waals surface area (Å²) in [4.78, 5) is 0. The molecule has 113 valence electrons.